The van der Waals surface area contributed by atoms with Crippen molar-refractivity contribution in [3.8, 4) is 0 Å². The normalized spacial score (nSPS) is 10.7. The van der Waals surface area contributed by atoms with E-state index in [-0.39, 0.29) is 0 Å². The Morgan fingerprint density at radius 1 is 0.545 bits per heavy atom. The fourth-order valence-electron chi connectivity index (χ4n) is 2.05. The molecule has 0 atom stereocenters. The van der Waals surface area contributed by atoms with Crippen LogP contribution in [0.25, 0.3) is 0 Å². The molecule has 0 aliphatic carbocycles. The molecular formula is C16H30O4S2. The monoisotopic (exact) mass is 350 g/mol. The van der Waals surface area contributed by atoms with Gasteiger partial charge in [0, 0.05) is 24.3 Å². The average Bonchev–Trinajstić information content (AvgIpc) is 2.46. The van der Waals surface area contributed by atoms with Gasteiger partial charge < -0.3 is 10.2 Å². The van der Waals surface area contributed by atoms with Crippen LogP contribution in [0, 0.1) is 0 Å². The molecule has 0 amide bonds. The van der Waals surface area contributed by atoms with Gasteiger partial charge in [-0.25, -0.2) is 0 Å². The first kappa shape index (κ1) is 21.6. The molecule has 0 aromatic heterocycles. The van der Waals surface area contributed by atoms with Crippen molar-refractivity contribution in [1.29, 1.82) is 0 Å². The summed E-state index contributed by atoms with van der Waals surface area (Å²) < 4.78 is 0. The lowest BCUT2D eigenvalue weighted by Gasteiger charge is -2.02. The Bertz CT molecular complexity index is 257. The van der Waals surface area contributed by atoms with Crippen LogP contribution < -0.4 is 0 Å². The van der Waals surface area contributed by atoms with Crippen LogP contribution in [0.3, 0.4) is 0 Å². The standard InChI is InChI=1S/C16H30O4S2/c17-15(18)11-7-3-1-5-9-13-21-22-14-10-6-2-4-8-12-16(19)20/h1-14H2,(H,17,18)(H,19,20). The minimum absolute atomic E-state index is 0.306. The van der Waals surface area contributed by atoms with E-state index in [4.69, 9.17) is 10.2 Å². The topological polar surface area (TPSA) is 74.6 Å². The first-order valence-corrected chi connectivity index (χ1v) is 10.8. The molecule has 0 heterocycles. The fraction of sp³-hybridized carbons (Fsp3) is 0.875. The summed E-state index contributed by atoms with van der Waals surface area (Å²) in [4.78, 5) is 20.7. The Morgan fingerprint density at radius 3 is 1.23 bits per heavy atom. The lowest BCUT2D eigenvalue weighted by Crippen LogP contribution is -1.93. The summed E-state index contributed by atoms with van der Waals surface area (Å²) >= 11 is 0. The van der Waals surface area contributed by atoms with Crippen LogP contribution in [0.4, 0.5) is 0 Å². The Hall–Kier alpha value is -0.360. The van der Waals surface area contributed by atoms with E-state index in [1.807, 2.05) is 21.6 Å². The molecule has 0 saturated carbocycles. The first-order valence-electron chi connectivity index (χ1n) is 8.31. The maximum absolute atomic E-state index is 10.3. The lowest BCUT2D eigenvalue weighted by molar-refractivity contribution is -0.138. The predicted molar refractivity (Wildman–Crippen MR) is 95.6 cm³/mol. The van der Waals surface area contributed by atoms with E-state index in [2.05, 4.69) is 0 Å². The smallest absolute Gasteiger partial charge is 0.303 e. The SMILES string of the molecule is O=C(O)CCCCCCCSSCCCCCCCC(=O)O. The van der Waals surface area contributed by atoms with Gasteiger partial charge in [0.05, 0.1) is 0 Å². The number of hydrogen-bond donors (Lipinski definition) is 2. The molecular weight excluding hydrogens is 320 g/mol. The van der Waals surface area contributed by atoms with Crippen molar-refractivity contribution >= 4 is 33.5 Å². The molecule has 0 rings (SSSR count). The molecule has 0 aliphatic rings. The number of carboxylic acids is 2. The summed E-state index contributed by atoms with van der Waals surface area (Å²) in [6.45, 7) is 0. The number of unbranched alkanes of at least 4 members (excludes halogenated alkanes) is 8. The fourth-order valence-corrected chi connectivity index (χ4v) is 4.35. The summed E-state index contributed by atoms with van der Waals surface area (Å²) in [6, 6.07) is 0. The first-order chi connectivity index (χ1) is 10.6. The third-order valence-electron chi connectivity index (χ3n) is 3.32. The third-order valence-corrected chi connectivity index (χ3v) is 5.90. The van der Waals surface area contributed by atoms with Crippen molar-refractivity contribution < 1.29 is 19.8 Å². The molecule has 0 radical (unpaired) electrons. The van der Waals surface area contributed by atoms with Gasteiger partial charge >= 0.3 is 11.9 Å². The van der Waals surface area contributed by atoms with E-state index in [9.17, 15) is 9.59 Å². The number of rotatable bonds is 17. The second kappa shape index (κ2) is 17.0. The van der Waals surface area contributed by atoms with Crippen molar-refractivity contribution in [2.24, 2.45) is 0 Å². The minimum Gasteiger partial charge on any atom is -0.481 e. The molecule has 0 aliphatic heterocycles. The van der Waals surface area contributed by atoms with Crippen molar-refractivity contribution in [3.05, 3.63) is 0 Å². The largest absolute Gasteiger partial charge is 0.481 e. The van der Waals surface area contributed by atoms with Gasteiger partial charge in [-0.15, -0.1) is 0 Å². The van der Waals surface area contributed by atoms with Crippen LogP contribution in [0.1, 0.15) is 77.0 Å². The molecule has 0 saturated heterocycles. The van der Waals surface area contributed by atoms with Gasteiger partial charge in [-0.2, -0.15) is 0 Å². The zero-order valence-electron chi connectivity index (χ0n) is 13.4. The van der Waals surface area contributed by atoms with E-state index >= 15 is 0 Å². The van der Waals surface area contributed by atoms with Crippen molar-refractivity contribution in [3.63, 3.8) is 0 Å². The molecule has 130 valence electrons. The van der Waals surface area contributed by atoms with Crippen LogP contribution in [0.15, 0.2) is 0 Å². The van der Waals surface area contributed by atoms with Crippen molar-refractivity contribution in [1.82, 2.24) is 0 Å². The second-order valence-corrected chi connectivity index (χ2v) is 8.17. The van der Waals surface area contributed by atoms with Gasteiger partial charge in [0.25, 0.3) is 0 Å². The highest BCUT2D eigenvalue weighted by Gasteiger charge is 1.98. The molecule has 0 spiro atoms. The lowest BCUT2D eigenvalue weighted by atomic mass is 10.1. The number of hydrogen-bond acceptors (Lipinski definition) is 4. The van der Waals surface area contributed by atoms with Crippen LogP contribution in [-0.2, 0) is 9.59 Å². The van der Waals surface area contributed by atoms with Gasteiger partial charge in [0.2, 0.25) is 0 Å². The number of carboxylic acid groups (broad SMARTS) is 2. The third kappa shape index (κ3) is 19.6. The summed E-state index contributed by atoms with van der Waals surface area (Å²) in [5.74, 6) is 0.993. The molecule has 0 unspecified atom stereocenters. The van der Waals surface area contributed by atoms with Crippen LogP contribution >= 0.6 is 21.6 Å². The van der Waals surface area contributed by atoms with Gasteiger partial charge in [-0.05, 0) is 25.7 Å². The van der Waals surface area contributed by atoms with Gasteiger partial charge in [-0.1, -0.05) is 60.1 Å². The Morgan fingerprint density at radius 2 is 0.864 bits per heavy atom. The molecule has 0 fully saturated rings. The highest BCUT2D eigenvalue weighted by molar-refractivity contribution is 8.76. The Balaban J connectivity index is 2.99. The maximum Gasteiger partial charge on any atom is 0.303 e. The van der Waals surface area contributed by atoms with Gasteiger partial charge in [-0.3, -0.25) is 9.59 Å². The number of carbonyl (C=O) groups is 2. The van der Waals surface area contributed by atoms with E-state index < -0.39 is 11.9 Å². The predicted octanol–water partition coefficient (Wildman–Crippen LogP) is 5.22. The zero-order chi connectivity index (χ0) is 16.5. The quantitative estimate of drug-likeness (QED) is 0.277. The van der Waals surface area contributed by atoms with Crippen LogP contribution in [0.2, 0.25) is 0 Å². The summed E-state index contributed by atoms with van der Waals surface area (Å²) in [5, 5.41) is 17.0. The highest BCUT2D eigenvalue weighted by Crippen LogP contribution is 2.24. The summed E-state index contributed by atoms with van der Waals surface area (Å²) in [6.07, 6.45) is 11.4. The Labute approximate surface area is 142 Å². The second-order valence-electron chi connectivity index (χ2n) is 5.47. The summed E-state index contributed by atoms with van der Waals surface area (Å²) in [5.41, 5.74) is 0. The zero-order valence-corrected chi connectivity index (χ0v) is 15.1. The molecule has 0 bridgehead atoms. The van der Waals surface area contributed by atoms with E-state index in [1.54, 1.807) is 0 Å². The van der Waals surface area contributed by atoms with Crippen LogP contribution in [-0.4, -0.2) is 33.7 Å². The van der Waals surface area contributed by atoms with E-state index in [1.165, 1.54) is 37.2 Å². The highest BCUT2D eigenvalue weighted by atomic mass is 33.1. The molecule has 0 aromatic carbocycles. The van der Waals surface area contributed by atoms with E-state index in [0.29, 0.717) is 12.8 Å². The van der Waals surface area contributed by atoms with E-state index in [0.717, 1.165) is 38.5 Å². The van der Waals surface area contributed by atoms with Crippen molar-refractivity contribution in [2.45, 2.75) is 77.0 Å². The maximum atomic E-state index is 10.3. The minimum atomic E-state index is -0.686. The molecule has 0 aromatic rings. The molecule has 22 heavy (non-hydrogen) atoms. The molecule has 2 N–H and O–H groups in total. The number of aliphatic carboxylic acids is 2. The van der Waals surface area contributed by atoms with Crippen LogP contribution in [0.5, 0.6) is 0 Å². The molecule has 6 heteroatoms. The summed E-state index contributed by atoms with van der Waals surface area (Å²) in [7, 11) is 3.88. The Kier molecular flexibility index (Phi) is 16.7. The molecule has 4 nitrogen and oxygen atoms in total. The van der Waals surface area contributed by atoms with Gasteiger partial charge in [0.15, 0.2) is 0 Å². The average molecular weight is 351 g/mol. The van der Waals surface area contributed by atoms with Crippen molar-refractivity contribution in [2.75, 3.05) is 11.5 Å². The van der Waals surface area contributed by atoms with Gasteiger partial charge in [0.1, 0.15) is 0 Å².